The van der Waals surface area contributed by atoms with Gasteiger partial charge in [0.2, 0.25) is 11.8 Å². The Balaban J connectivity index is 1.78. The lowest BCUT2D eigenvalue weighted by molar-refractivity contribution is -0.123. The second kappa shape index (κ2) is 8.54. The first-order chi connectivity index (χ1) is 10.7. The van der Waals surface area contributed by atoms with Crippen LogP contribution in [0.3, 0.4) is 0 Å². The summed E-state index contributed by atoms with van der Waals surface area (Å²) in [5.74, 6) is 0.104. The normalized spacial score (nSPS) is 17.8. The fourth-order valence-corrected chi connectivity index (χ4v) is 2.54. The molecule has 120 valence electrons. The predicted octanol–water partition coefficient (Wildman–Crippen LogP) is 2.18. The standard InChI is InChI=1S/C17H25N3O2/c1-2-5-16(21)20-14-9-7-13(8-10-14)12-19-17(22)15-6-3-4-11-18-15/h7-10,15,18H,2-6,11-12H2,1H3,(H,19,22)(H,20,21). The maximum Gasteiger partial charge on any atom is 0.237 e. The van der Waals surface area contributed by atoms with Crippen molar-refractivity contribution in [2.45, 2.75) is 51.6 Å². The second-order valence-electron chi connectivity index (χ2n) is 5.72. The summed E-state index contributed by atoms with van der Waals surface area (Å²) in [6.07, 6.45) is 4.54. The molecule has 1 aromatic carbocycles. The van der Waals surface area contributed by atoms with Gasteiger partial charge in [-0.3, -0.25) is 9.59 Å². The number of hydrogen-bond acceptors (Lipinski definition) is 3. The molecule has 1 atom stereocenters. The van der Waals surface area contributed by atoms with Crippen molar-refractivity contribution in [3.8, 4) is 0 Å². The molecule has 1 aliphatic rings. The lowest BCUT2D eigenvalue weighted by atomic mass is 10.0. The molecule has 1 unspecified atom stereocenters. The van der Waals surface area contributed by atoms with Crippen molar-refractivity contribution >= 4 is 17.5 Å². The van der Waals surface area contributed by atoms with E-state index in [2.05, 4.69) is 16.0 Å². The van der Waals surface area contributed by atoms with Crippen LogP contribution >= 0.6 is 0 Å². The minimum absolute atomic E-state index is 0.0342. The van der Waals surface area contributed by atoms with Gasteiger partial charge in [-0.2, -0.15) is 0 Å². The van der Waals surface area contributed by atoms with Crippen LogP contribution in [0.5, 0.6) is 0 Å². The first-order valence-corrected chi connectivity index (χ1v) is 8.09. The zero-order valence-corrected chi connectivity index (χ0v) is 13.2. The van der Waals surface area contributed by atoms with E-state index in [1.807, 2.05) is 31.2 Å². The van der Waals surface area contributed by atoms with Gasteiger partial charge in [-0.25, -0.2) is 0 Å². The molecule has 0 aromatic heterocycles. The van der Waals surface area contributed by atoms with E-state index in [0.29, 0.717) is 13.0 Å². The maximum atomic E-state index is 12.0. The molecule has 3 N–H and O–H groups in total. The molecule has 1 aliphatic heterocycles. The van der Waals surface area contributed by atoms with Crippen molar-refractivity contribution in [2.75, 3.05) is 11.9 Å². The molecule has 0 aliphatic carbocycles. The van der Waals surface area contributed by atoms with Crippen LogP contribution in [0.4, 0.5) is 5.69 Å². The Kier molecular flexibility index (Phi) is 6.40. The van der Waals surface area contributed by atoms with Crippen molar-refractivity contribution in [3.05, 3.63) is 29.8 Å². The Hall–Kier alpha value is -1.88. The molecule has 2 rings (SSSR count). The third-order valence-electron chi connectivity index (χ3n) is 3.81. The fourth-order valence-electron chi connectivity index (χ4n) is 2.54. The average molecular weight is 303 g/mol. The van der Waals surface area contributed by atoms with Crippen molar-refractivity contribution in [1.82, 2.24) is 10.6 Å². The molecular formula is C17H25N3O2. The summed E-state index contributed by atoms with van der Waals surface area (Å²) in [6, 6.07) is 7.54. The Morgan fingerprint density at radius 3 is 2.64 bits per heavy atom. The highest BCUT2D eigenvalue weighted by atomic mass is 16.2. The summed E-state index contributed by atoms with van der Waals surface area (Å²) in [6.45, 7) is 3.41. The van der Waals surface area contributed by atoms with Crippen molar-refractivity contribution in [1.29, 1.82) is 0 Å². The first kappa shape index (κ1) is 16.5. The minimum atomic E-state index is -0.0543. The molecule has 0 radical (unpaired) electrons. The Morgan fingerprint density at radius 1 is 1.23 bits per heavy atom. The summed E-state index contributed by atoms with van der Waals surface area (Å²) in [5, 5.41) is 9.05. The number of nitrogens with one attached hydrogen (secondary N) is 3. The van der Waals surface area contributed by atoms with E-state index in [9.17, 15) is 9.59 Å². The summed E-state index contributed by atoms with van der Waals surface area (Å²) in [7, 11) is 0. The quantitative estimate of drug-likeness (QED) is 0.754. The molecule has 0 bridgehead atoms. The maximum absolute atomic E-state index is 12.0. The SMILES string of the molecule is CCCC(=O)Nc1ccc(CNC(=O)C2CCCCN2)cc1. The molecule has 0 saturated carbocycles. The van der Waals surface area contributed by atoms with Gasteiger partial charge in [-0.15, -0.1) is 0 Å². The van der Waals surface area contributed by atoms with Crippen molar-refractivity contribution in [3.63, 3.8) is 0 Å². The number of benzene rings is 1. The topological polar surface area (TPSA) is 70.2 Å². The first-order valence-electron chi connectivity index (χ1n) is 8.09. The zero-order chi connectivity index (χ0) is 15.8. The number of hydrogen-bond donors (Lipinski definition) is 3. The van der Waals surface area contributed by atoms with Gasteiger partial charge >= 0.3 is 0 Å². The summed E-state index contributed by atoms with van der Waals surface area (Å²) in [4.78, 5) is 23.5. The van der Waals surface area contributed by atoms with E-state index in [-0.39, 0.29) is 17.9 Å². The number of piperidine rings is 1. The molecule has 5 heteroatoms. The lowest BCUT2D eigenvalue weighted by Crippen LogP contribution is -2.46. The smallest absolute Gasteiger partial charge is 0.237 e. The third kappa shape index (κ3) is 5.15. The predicted molar refractivity (Wildman–Crippen MR) is 87.5 cm³/mol. The average Bonchev–Trinajstić information content (AvgIpc) is 2.55. The fraction of sp³-hybridized carbons (Fsp3) is 0.529. The van der Waals surface area contributed by atoms with Crippen LogP contribution in [0.1, 0.15) is 44.6 Å². The van der Waals surface area contributed by atoms with Crippen LogP contribution in [0.25, 0.3) is 0 Å². The van der Waals surface area contributed by atoms with E-state index in [1.165, 1.54) is 0 Å². The van der Waals surface area contributed by atoms with E-state index in [1.54, 1.807) is 0 Å². The molecule has 2 amide bonds. The Morgan fingerprint density at radius 2 is 2.00 bits per heavy atom. The van der Waals surface area contributed by atoms with Gasteiger partial charge in [-0.1, -0.05) is 25.5 Å². The number of anilines is 1. The lowest BCUT2D eigenvalue weighted by Gasteiger charge is -2.22. The number of rotatable bonds is 6. The van der Waals surface area contributed by atoms with Gasteiger partial charge in [0.25, 0.3) is 0 Å². The number of amides is 2. The number of carbonyl (C=O) groups is 2. The number of carbonyl (C=O) groups excluding carboxylic acids is 2. The van der Waals surface area contributed by atoms with Gasteiger partial charge in [0.05, 0.1) is 6.04 Å². The van der Waals surface area contributed by atoms with Crippen LogP contribution in [0.2, 0.25) is 0 Å². The summed E-state index contributed by atoms with van der Waals surface area (Å²) in [5.41, 5.74) is 1.82. The molecular weight excluding hydrogens is 278 g/mol. The van der Waals surface area contributed by atoms with Gasteiger partial charge in [0, 0.05) is 18.7 Å². The summed E-state index contributed by atoms with van der Waals surface area (Å²) < 4.78 is 0. The van der Waals surface area contributed by atoms with Gasteiger partial charge in [0.15, 0.2) is 0 Å². The molecule has 1 fully saturated rings. The molecule has 5 nitrogen and oxygen atoms in total. The van der Waals surface area contributed by atoms with E-state index >= 15 is 0 Å². The Labute approximate surface area is 131 Å². The monoisotopic (exact) mass is 303 g/mol. The molecule has 0 spiro atoms. The molecule has 1 aromatic rings. The van der Waals surface area contributed by atoms with Gasteiger partial charge in [0.1, 0.15) is 0 Å². The zero-order valence-electron chi connectivity index (χ0n) is 13.2. The third-order valence-corrected chi connectivity index (χ3v) is 3.81. The van der Waals surface area contributed by atoms with Crippen LogP contribution in [-0.4, -0.2) is 24.4 Å². The summed E-state index contributed by atoms with van der Waals surface area (Å²) >= 11 is 0. The van der Waals surface area contributed by atoms with Crippen LogP contribution in [0, 0.1) is 0 Å². The largest absolute Gasteiger partial charge is 0.351 e. The second-order valence-corrected chi connectivity index (χ2v) is 5.72. The minimum Gasteiger partial charge on any atom is -0.351 e. The van der Waals surface area contributed by atoms with E-state index in [0.717, 1.165) is 43.5 Å². The molecule has 22 heavy (non-hydrogen) atoms. The highest BCUT2D eigenvalue weighted by molar-refractivity contribution is 5.90. The van der Waals surface area contributed by atoms with Gasteiger partial charge < -0.3 is 16.0 Å². The molecule has 1 saturated heterocycles. The van der Waals surface area contributed by atoms with Gasteiger partial charge in [-0.05, 0) is 43.5 Å². The highest BCUT2D eigenvalue weighted by Gasteiger charge is 2.19. The van der Waals surface area contributed by atoms with Crippen molar-refractivity contribution in [2.24, 2.45) is 0 Å². The van der Waals surface area contributed by atoms with E-state index in [4.69, 9.17) is 0 Å². The Bertz CT molecular complexity index is 493. The highest BCUT2D eigenvalue weighted by Crippen LogP contribution is 2.11. The van der Waals surface area contributed by atoms with Crippen LogP contribution < -0.4 is 16.0 Å². The van der Waals surface area contributed by atoms with E-state index < -0.39 is 0 Å². The molecule has 1 heterocycles. The van der Waals surface area contributed by atoms with Crippen LogP contribution in [0.15, 0.2) is 24.3 Å². The van der Waals surface area contributed by atoms with Crippen LogP contribution in [-0.2, 0) is 16.1 Å². The van der Waals surface area contributed by atoms with Crippen molar-refractivity contribution < 1.29 is 9.59 Å².